The van der Waals surface area contributed by atoms with Crippen LogP contribution < -0.4 is 10.1 Å². The van der Waals surface area contributed by atoms with E-state index < -0.39 is 0 Å². The molecule has 0 fully saturated rings. The van der Waals surface area contributed by atoms with Crippen LogP contribution in [0.25, 0.3) is 22.2 Å². The fourth-order valence-corrected chi connectivity index (χ4v) is 2.84. The molecule has 6 heteroatoms. The van der Waals surface area contributed by atoms with Gasteiger partial charge in [0.25, 0.3) is 5.91 Å². The normalized spacial score (nSPS) is 14.0. The van der Waals surface area contributed by atoms with E-state index in [0.29, 0.717) is 12.2 Å². The van der Waals surface area contributed by atoms with Gasteiger partial charge in [0.2, 0.25) is 0 Å². The molecule has 106 valence electrons. The van der Waals surface area contributed by atoms with E-state index in [-0.39, 0.29) is 5.91 Å². The van der Waals surface area contributed by atoms with Crippen molar-refractivity contribution in [3.8, 4) is 16.9 Å². The highest BCUT2D eigenvalue weighted by molar-refractivity contribution is 6.00. The number of hydrogen-bond acceptors (Lipinski definition) is 3. The van der Waals surface area contributed by atoms with E-state index in [9.17, 15) is 4.79 Å². The zero-order valence-electron chi connectivity index (χ0n) is 11.5. The zero-order valence-corrected chi connectivity index (χ0v) is 11.5. The van der Waals surface area contributed by atoms with Crippen molar-refractivity contribution >= 4 is 16.9 Å². The Hall–Kier alpha value is -2.76. The van der Waals surface area contributed by atoms with Crippen molar-refractivity contribution in [1.29, 1.82) is 0 Å². The number of amides is 1. The van der Waals surface area contributed by atoms with Crippen molar-refractivity contribution < 1.29 is 9.53 Å². The average Bonchev–Trinajstić information content (AvgIpc) is 3.10. The van der Waals surface area contributed by atoms with Crippen LogP contribution in [0.4, 0.5) is 0 Å². The monoisotopic (exact) mass is 282 g/mol. The number of hydrogen-bond donors (Lipinski definition) is 2. The number of aromatic amines is 1. The largest absolute Gasteiger partial charge is 0.496 e. The van der Waals surface area contributed by atoms with E-state index in [2.05, 4.69) is 15.3 Å². The van der Waals surface area contributed by atoms with Crippen molar-refractivity contribution in [2.75, 3.05) is 13.7 Å². The number of H-pyrrole nitrogens is 1. The minimum Gasteiger partial charge on any atom is -0.496 e. The predicted octanol–water partition coefficient (Wildman–Crippen LogP) is 1.78. The standard InChI is InChI=1S/C15H14N4O2/c1-21-12-2-3-16-14-13(12)10(7-18-14)9-6-11-15(20)17-4-5-19(11)8-9/h2-3,6-8H,4-5H2,1H3,(H,16,18)(H,17,20). The van der Waals surface area contributed by atoms with Crippen LogP contribution in [0.1, 0.15) is 10.5 Å². The molecule has 6 nitrogen and oxygen atoms in total. The molecule has 3 aromatic rings. The van der Waals surface area contributed by atoms with Gasteiger partial charge in [0.1, 0.15) is 17.1 Å². The molecule has 0 spiro atoms. The number of methoxy groups -OCH3 is 1. The Balaban J connectivity index is 1.93. The number of carbonyl (C=O) groups is 1. The van der Waals surface area contributed by atoms with E-state index in [1.807, 2.05) is 29.1 Å². The summed E-state index contributed by atoms with van der Waals surface area (Å²) >= 11 is 0. The molecular weight excluding hydrogens is 268 g/mol. The highest BCUT2D eigenvalue weighted by Gasteiger charge is 2.20. The maximum atomic E-state index is 11.9. The molecule has 4 rings (SSSR count). The van der Waals surface area contributed by atoms with Crippen LogP contribution in [0.3, 0.4) is 0 Å². The lowest BCUT2D eigenvalue weighted by atomic mass is 10.1. The molecule has 1 amide bonds. The first-order chi connectivity index (χ1) is 10.3. The first kappa shape index (κ1) is 12.0. The molecule has 0 saturated heterocycles. The van der Waals surface area contributed by atoms with Crippen LogP contribution in [0.15, 0.2) is 30.7 Å². The smallest absolute Gasteiger partial charge is 0.267 e. The molecule has 3 aromatic heterocycles. The number of carbonyl (C=O) groups excluding carboxylic acids is 1. The van der Waals surface area contributed by atoms with Gasteiger partial charge in [0, 0.05) is 42.8 Å². The van der Waals surface area contributed by atoms with Gasteiger partial charge in [-0.25, -0.2) is 4.98 Å². The summed E-state index contributed by atoms with van der Waals surface area (Å²) in [6.07, 6.45) is 5.61. The molecule has 1 aliphatic heterocycles. The number of aromatic nitrogens is 3. The molecule has 0 unspecified atom stereocenters. The van der Waals surface area contributed by atoms with Crippen molar-refractivity contribution in [3.05, 3.63) is 36.4 Å². The molecule has 0 radical (unpaired) electrons. The average molecular weight is 282 g/mol. The minimum absolute atomic E-state index is 0.0302. The van der Waals surface area contributed by atoms with Gasteiger partial charge in [-0.2, -0.15) is 0 Å². The van der Waals surface area contributed by atoms with Gasteiger partial charge in [0.05, 0.1) is 12.5 Å². The van der Waals surface area contributed by atoms with Crippen LogP contribution in [-0.2, 0) is 6.54 Å². The van der Waals surface area contributed by atoms with Crippen molar-refractivity contribution in [2.24, 2.45) is 0 Å². The van der Waals surface area contributed by atoms with Gasteiger partial charge < -0.3 is 19.6 Å². The first-order valence-corrected chi connectivity index (χ1v) is 6.77. The quantitative estimate of drug-likeness (QED) is 0.752. The van der Waals surface area contributed by atoms with Crippen LogP contribution in [0, 0.1) is 0 Å². The SMILES string of the molecule is COc1ccnc2[nH]cc(-c3cc4n(c3)CCNC4=O)c12. The van der Waals surface area contributed by atoms with Gasteiger partial charge in [-0.1, -0.05) is 0 Å². The third kappa shape index (κ3) is 1.72. The molecule has 0 bridgehead atoms. The first-order valence-electron chi connectivity index (χ1n) is 6.77. The van der Waals surface area contributed by atoms with Gasteiger partial charge in [-0.3, -0.25) is 4.79 Å². The summed E-state index contributed by atoms with van der Waals surface area (Å²) in [4.78, 5) is 19.3. The summed E-state index contributed by atoms with van der Waals surface area (Å²) in [6, 6.07) is 3.74. The molecule has 0 aromatic carbocycles. The van der Waals surface area contributed by atoms with Gasteiger partial charge >= 0.3 is 0 Å². The number of pyridine rings is 1. The maximum Gasteiger partial charge on any atom is 0.267 e. The van der Waals surface area contributed by atoms with Gasteiger partial charge in [0.15, 0.2) is 0 Å². The Labute approximate surface area is 120 Å². The summed E-state index contributed by atoms with van der Waals surface area (Å²) in [5, 5.41) is 3.79. The Morgan fingerprint density at radius 3 is 3.14 bits per heavy atom. The fraction of sp³-hybridized carbons (Fsp3) is 0.200. The second kappa shape index (κ2) is 4.37. The molecule has 2 N–H and O–H groups in total. The van der Waals surface area contributed by atoms with Gasteiger partial charge in [-0.15, -0.1) is 0 Å². The number of fused-ring (bicyclic) bond motifs is 2. The second-order valence-electron chi connectivity index (χ2n) is 5.00. The summed E-state index contributed by atoms with van der Waals surface area (Å²) < 4.78 is 7.41. The topological polar surface area (TPSA) is 71.9 Å². The van der Waals surface area contributed by atoms with E-state index in [4.69, 9.17) is 4.74 Å². The molecular formula is C15H14N4O2. The molecule has 1 aliphatic rings. The van der Waals surface area contributed by atoms with Crippen molar-refractivity contribution in [2.45, 2.75) is 6.54 Å². The fourth-order valence-electron chi connectivity index (χ4n) is 2.84. The highest BCUT2D eigenvalue weighted by atomic mass is 16.5. The summed E-state index contributed by atoms with van der Waals surface area (Å²) in [6.45, 7) is 1.46. The van der Waals surface area contributed by atoms with Crippen LogP contribution >= 0.6 is 0 Å². The molecule has 4 heterocycles. The van der Waals surface area contributed by atoms with Crippen LogP contribution in [0.2, 0.25) is 0 Å². The van der Waals surface area contributed by atoms with E-state index in [0.717, 1.165) is 34.5 Å². The second-order valence-corrected chi connectivity index (χ2v) is 5.00. The third-order valence-corrected chi connectivity index (χ3v) is 3.83. The van der Waals surface area contributed by atoms with Crippen LogP contribution in [-0.4, -0.2) is 34.1 Å². The lowest BCUT2D eigenvalue weighted by Gasteiger charge is -2.14. The Morgan fingerprint density at radius 1 is 1.43 bits per heavy atom. The summed E-state index contributed by atoms with van der Waals surface area (Å²) in [7, 11) is 1.64. The summed E-state index contributed by atoms with van der Waals surface area (Å²) in [5.74, 6) is 0.738. The van der Waals surface area contributed by atoms with Crippen molar-refractivity contribution in [1.82, 2.24) is 19.9 Å². The molecule has 0 saturated carbocycles. The van der Waals surface area contributed by atoms with Gasteiger partial charge in [-0.05, 0) is 12.1 Å². The molecule has 21 heavy (non-hydrogen) atoms. The zero-order chi connectivity index (χ0) is 14.4. The van der Waals surface area contributed by atoms with Crippen molar-refractivity contribution in [3.63, 3.8) is 0 Å². The number of rotatable bonds is 2. The summed E-state index contributed by atoms with van der Waals surface area (Å²) in [5.41, 5.74) is 3.44. The lowest BCUT2D eigenvalue weighted by Crippen LogP contribution is -2.34. The van der Waals surface area contributed by atoms with E-state index in [1.165, 1.54) is 0 Å². The minimum atomic E-state index is -0.0302. The van der Waals surface area contributed by atoms with E-state index >= 15 is 0 Å². The molecule has 0 atom stereocenters. The number of ether oxygens (including phenoxy) is 1. The maximum absolute atomic E-state index is 11.9. The van der Waals surface area contributed by atoms with E-state index in [1.54, 1.807) is 13.3 Å². The molecule has 0 aliphatic carbocycles. The number of nitrogens with zero attached hydrogens (tertiary/aromatic N) is 2. The Morgan fingerprint density at radius 2 is 2.33 bits per heavy atom. The van der Waals surface area contributed by atoms with Crippen LogP contribution in [0.5, 0.6) is 5.75 Å². The number of nitrogens with one attached hydrogen (secondary N) is 2. The third-order valence-electron chi connectivity index (χ3n) is 3.83. The Bertz CT molecular complexity index is 847. The lowest BCUT2D eigenvalue weighted by molar-refractivity contribution is 0.0928. The highest BCUT2D eigenvalue weighted by Crippen LogP contribution is 2.35. The predicted molar refractivity (Wildman–Crippen MR) is 78.4 cm³/mol. The Kier molecular flexibility index (Phi) is 2.50.